The number of nitrogen functional groups attached to an aromatic ring is 1. The van der Waals surface area contributed by atoms with Crippen molar-refractivity contribution in [2.24, 2.45) is 0 Å². The zero-order chi connectivity index (χ0) is 14.5. The summed E-state index contributed by atoms with van der Waals surface area (Å²) < 4.78 is 0. The zero-order valence-corrected chi connectivity index (χ0v) is 10.6. The molecule has 20 heavy (non-hydrogen) atoms. The average molecular weight is 271 g/mol. The van der Waals surface area contributed by atoms with E-state index in [2.05, 4.69) is 5.32 Å². The van der Waals surface area contributed by atoms with Crippen LogP contribution in [-0.2, 0) is 11.2 Å². The Bertz CT molecular complexity index is 621. The third-order valence-electron chi connectivity index (χ3n) is 2.71. The molecule has 0 saturated carbocycles. The molecule has 2 aromatic rings. The first-order valence-electron chi connectivity index (χ1n) is 5.93. The number of amides is 1. The highest BCUT2D eigenvalue weighted by molar-refractivity contribution is 5.92. The van der Waals surface area contributed by atoms with Crippen LogP contribution in [-0.4, -0.2) is 10.8 Å². The second-order valence-corrected chi connectivity index (χ2v) is 4.27. The quantitative estimate of drug-likeness (QED) is 0.506. The molecule has 0 heterocycles. The molecule has 0 aromatic heterocycles. The topological polar surface area (TPSA) is 98.3 Å². The molecule has 6 nitrogen and oxygen atoms in total. The van der Waals surface area contributed by atoms with Gasteiger partial charge in [0.25, 0.3) is 5.69 Å². The number of nitro groups is 1. The van der Waals surface area contributed by atoms with Crippen LogP contribution in [0.3, 0.4) is 0 Å². The van der Waals surface area contributed by atoms with Crippen LogP contribution in [0, 0.1) is 10.1 Å². The summed E-state index contributed by atoms with van der Waals surface area (Å²) in [6.07, 6.45) is 0.220. The molecule has 0 bridgehead atoms. The monoisotopic (exact) mass is 271 g/mol. The Morgan fingerprint density at radius 2 is 1.70 bits per heavy atom. The van der Waals surface area contributed by atoms with Gasteiger partial charge >= 0.3 is 0 Å². The molecule has 0 fully saturated rings. The molecule has 0 spiro atoms. The maximum absolute atomic E-state index is 11.8. The number of nitrogens with one attached hydrogen (secondary N) is 1. The number of carbonyl (C=O) groups is 1. The molecule has 0 aliphatic carbocycles. The summed E-state index contributed by atoms with van der Waals surface area (Å²) in [5.41, 5.74) is 7.56. The van der Waals surface area contributed by atoms with Crippen molar-refractivity contribution in [1.29, 1.82) is 0 Å². The average Bonchev–Trinajstić information content (AvgIpc) is 2.42. The smallest absolute Gasteiger partial charge is 0.269 e. The Hall–Kier alpha value is -2.89. The van der Waals surface area contributed by atoms with Crippen LogP contribution in [0.1, 0.15) is 5.56 Å². The summed E-state index contributed by atoms with van der Waals surface area (Å²) in [5.74, 6) is -0.191. The number of hydrogen-bond donors (Lipinski definition) is 2. The Labute approximate surface area is 115 Å². The van der Waals surface area contributed by atoms with Gasteiger partial charge in [0.05, 0.1) is 11.3 Å². The summed E-state index contributed by atoms with van der Waals surface area (Å²) in [5, 5.41) is 13.2. The number of nitrogens with two attached hydrogens (primary N) is 1. The lowest BCUT2D eigenvalue weighted by Crippen LogP contribution is -2.14. The van der Waals surface area contributed by atoms with Crippen LogP contribution in [0.2, 0.25) is 0 Å². The number of non-ortho nitro benzene ring substituents is 1. The maximum atomic E-state index is 11.8. The van der Waals surface area contributed by atoms with E-state index in [-0.39, 0.29) is 18.0 Å². The summed E-state index contributed by atoms with van der Waals surface area (Å²) in [6.45, 7) is 0. The molecule has 0 aliphatic rings. The van der Waals surface area contributed by atoms with Gasteiger partial charge in [-0.15, -0.1) is 0 Å². The first-order valence-corrected chi connectivity index (χ1v) is 5.93. The van der Waals surface area contributed by atoms with Gasteiger partial charge in [0.15, 0.2) is 0 Å². The van der Waals surface area contributed by atoms with Crippen molar-refractivity contribution in [3.63, 3.8) is 0 Å². The van der Waals surface area contributed by atoms with Gasteiger partial charge in [-0.3, -0.25) is 14.9 Å². The highest BCUT2D eigenvalue weighted by atomic mass is 16.6. The first kappa shape index (κ1) is 13.5. The number of rotatable bonds is 4. The summed E-state index contributed by atoms with van der Waals surface area (Å²) in [7, 11) is 0. The third-order valence-corrected chi connectivity index (χ3v) is 2.71. The van der Waals surface area contributed by atoms with Gasteiger partial charge in [0, 0.05) is 23.5 Å². The molecule has 2 aromatic carbocycles. The van der Waals surface area contributed by atoms with Gasteiger partial charge in [0.2, 0.25) is 5.91 Å². The van der Waals surface area contributed by atoms with Gasteiger partial charge in [-0.05, 0) is 29.8 Å². The predicted molar refractivity (Wildman–Crippen MR) is 76.3 cm³/mol. The zero-order valence-electron chi connectivity index (χ0n) is 10.6. The van der Waals surface area contributed by atoms with Crippen molar-refractivity contribution < 1.29 is 9.72 Å². The second-order valence-electron chi connectivity index (χ2n) is 4.27. The van der Waals surface area contributed by atoms with Crippen LogP contribution < -0.4 is 11.1 Å². The fourth-order valence-corrected chi connectivity index (χ4v) is 1.69. The Morgan fingerprint density at radius 3 is 2.25 bits per heavy atom. The van der Waals surface area contributed by atoms with E-state index in [0.29, 0.717) is 11.4 Å². The van der Waals surface area contributed by atoms with Gasteiger partial charge in [-0.1, -0.05) is 12.1 Å². The van der Waals surface area contributed by atoms with Gasteiger partial charge in [0.1, 0.15) is 0 Å². The lowest BCUT2D eigenvalue weighted by molar-refractivity contribution is -0.384. The number of nitro benzene ring substituents is 1. The van der Waals surface area contributed by atoms with Crippen LogP contribution in [0.15, 0.2) is 48.5 Å². The Balaban J connectivity index is 1.97. The van der Waals surface area contributed by atoms with Crippen molar-refractivity contribution in [2.45, 2.75) is 6.42 Å². The second kappa shape index (κ2) is 5.83. The lowest BCUT2D eigenvalue weighted by Gasteiger charge is -2.05. The molecule has 102 valence electrons. The molecule has 6 heteroatoms. The first-order chi connectivity index (χ1) is 9.54. The maximum Gasteiger partial charge on any atom is 0.269 e. The van der Waals surface area contributed by atoms with E-state index in [4.69, 9.17) is 5.73 Å². The SMILES string of the molecule is Nc1ccc(CC(=O)Nc2ccc([N+](=O)[O-])cc2)cc1. The molecule has 0 saturated heterocycles. The fraction of sp³-hybridized carbons (Fsp3) is 0.0714. The van der Waals surface area contributed by atoms with Crippen molar-refractivity contribution >= 4 is 23.0 Å². The standard InChI is InChI=1S/C14H13N3O3/c15-11-3-1-10(2-4-11)9-14(18)16-12-5-7-13(8-6-12)17(19)20/h1-8H,9,15H2,(H,16,18). The Kier molecular flexibility index (Phi) is 3.95. The number of anilines is 2. The molecule has 0 atom stereocenters. The molecular formula is C14H13N3O3. The van der Waals surface area contributed by atoms with E-state index in [9.17, 15) is 14.9 Å². The van der Waals surface area contributed by atoms with Crippen molar-refractivity contribution in [3.05, 3.63) is 64.2 Å². The fourth-order valence-electron chi connectivity index (χ4n) is 1.69. The van der Waals surface area contributed by atoms with E-state index >= 15 is 0 Å². The van der Waals surface area contributed by atoms with E-state index < -0.39 is 4.92 Å². The molecule has 1 amide bonds. The van der Waals surface area contributed by atoms with Crippen molar-refractivity contribution in [1.82, 2.24) is 0 Å². The van der Waals surface area contributed by atoms with Crippen molar-refractivity contribution in [2.75, 3.05) is 11.1 Å². The van der Waals surface area contributed by atoms with Crippen LogP contribution in [0.4, 0.5) is 17.1 Å². The van der Waals surface area contributed by atoms with Crippen molar-refractivity contribution in [3.8, 4) is 0 Å². The molecular weight excluding hydrogens is 258 g/mol. The Morgan fingerprint density at radius 1 is 1.10 bits per heavy atom. The highest BCUT2D eigenvalue weighted by Gasteiger charge is 2.07. The molecule has 2 rings (SSSR count). The van der Waals surface area contributed by atoms with Crippen LogP contribution in [0.5, 0.6) is 0 Å². The largest absolute Gasteiger partial charge is 0.399 e. The third kappa shape index (κ3) is 3.55. The van der Waals surface area contributed by atoms with E-state index in [1.807, 2.05) is 0 Å². The number of carbonyl (C=O) groups excluding carboxylic acids is 1. The lowest BCUT2D eigenvalue weighted by atomic mass is 10.1. The van der Waals surface area contributed by atoms with E-state index in [1.54, 1.807) is 24.3 Å². The molecule has 0 radical (unpaired) electrons. The molecule has 0 aliphatic heterocycles. The number of benzene rings is 2. The van der Waals surface area contributed by atoms with Crippen LogP contribution >= 0.6 is 0 Å². The minimum Gasteiger partial charge on any atom is -0.399 e. The minimum absolute atomic E-state index is 0.0125. The van der Waals surface area contributed by atoms with E-state index in [0.717, 1.165) is 5.56 Å². The summed E-state index contributed by atoms with van der Waals surface area (Å²) >= 11 is 0. The summed E-state index contributed by atoms with van der Waals surface area (Å²) in [4.78, 5) is 21.8. The minimum atomic E-state index is -0.486. The number of hydrogen-bond acceptors (Lipinski definition) is 4. The number of nitrogens with zero attached hydrogens (tertiary/aromatic N) is 1. The molecule has 3 N–H and O–H groups in total. The predicted octanol–water partition coefficient (Wildman–Crippen LogP) is 2.36. The normalized spacial score (nSPS) is 10.0. The van der Waals surface area contributed by atoms with Gasteiger partial charge < -0.3 is 11.1 Å². The van der Waals surface area contributed by atoms with E-state index in [1.165, 1.54) is 24.3 Å². The van der Waals surface area contributed by atoms with Gasteiger partial charge in [-0.25, -0.2) is 0 Å². The summed E-state index contributed by atoms with van der Waals surface area (Å²) in [6, 6.07) is 12.7. The van der Waals surface area contributed by atoms with Crippen LogP contribution in [0.25, 0.3) is 0 Å². The molecule has 0 unspecified atom stereocenters. The van der Waals surface area contributed by atoms with Gasteiger partial charge in [-0.2, -0.15) is 0 Å². The highest BCUT2D eigenvalue weighted by Crippen LogP contribution is 2.15.